The monoisotopic (exact) mass is 427 g/mol. The number of aromatic nitrogens is 2. The average Bonchev–Trinajstić information content (AvgIpc) is 3.52. The first kappa shape index (κ1) is 20.2. The minimum Gasteiger partial charge on any atom is -0.348 e. The number of aryl methyl sites for hydroxylation is 1. The summed E-state index contributed by atoms with van der Waals surface area (Å²) in [7, 11) is 1.98. The highest BCUT2D eigenvalue weighted by Gasteiger charge is 2.29. The van der Waals surface area contributed by atoms with Crippen molar-refractivity contribution in [1.29, 1.82) is 0 Å². The van der Waals surface area contributed by atoms with Gasteiger partial charge in [0.25, 0.3) is 5.91 Å². The fourth-order valence-corrected chi connectivity index (χ4v) is 6.37. The second-order valence-electron chi connectivity index (χ2n) is 9.16. The van der Waals surface area contributed by atoms with E-state index in [0.717, 1.165) is 51.0 Å². The number of thiophene rings is 1. The van der Waals surface area contributed by atoms with E-state index in [1.54, 1.807) is 0 Å². The van der Waals surface area contributed by atoms with Gasteiger partial charge in [0.2, 0.25) is 0 Å². The molecule has 162 valence electrons. The Kier molecular flexibility index (Phi) is 5.94. The number of hydrogen-bond acceptors (Lipinski definition) is 5. The van der Waals surface area contributed by atoms with Crippen LogP contribution in [-0.4, -0.2) is 51.2 Å². The number of amides is 1. The van der Waals surface area contributed by atoms with Crippen LogP contribution in [-0.2, 0) is 33.1 Å². The average molecular weight is 428 g/mol. The largest absolute Gasteiger partial charge is 0.348 e. The van der Waals surface area contributed by atoms with Gasteiger partial charge in [-0.2, -0.15) is 5.10 Å². The van der Waals surface area contributed by atoms with Crippen molar-refractivity contribution < 1.29 is 4.79 Å². The highest BCUT2D eigenvalue weighted by atomic mass is 32.1. The van der Waals surface area contributed by atoms with Crippen LogP contribution >= 0.6 is 11.3 Å². The molecule has 0 bridgehead atoms. The van der Waals surface area contributed by atoms with Gasteiger partial charge in [-0.3, -0.25) is 19.3 Å². The highest BCUT2D eigenvalue weighted by Crippen LogP contribution is 2.27. The third-order valence-corrected chi connectivity index (χ3v) is 7.96. The van der Waals surface area contributed by atoms with Crippen LogP contribution in [0.25, 0.3) is 0 Å². The van der Waals surface area contributed by atoms with E-state index < -0.39 is 0 Å². The third-order valence-electron chi connectivity index (χ3n) is 6.90. The quantitative estimate of drug-likeness (QED) is 0.769. The summed E-state index contributed by atoms with van der Waals surface area (Å²) in [6, 6.07) is 4.93. The Balaban J connectivity index is 1.24. The molecule has 1 saturated carbocycles. The second-order valence-corrected chi connectivity index (χ2v) is 10.4. The summed E-state index contributed by atoms with van der Waals surface area (Å²) in [5.41, 5.74) is 3.00. The molecule has 7 heteroatoms. The van der Waals surface area contributed by atoms with Crippen molar-refractivity contribution in [3.05, 3.63) is 38.8 Å². The van der Waals surface area contributed by atoms with E-state index in [9.17, 15) is 4.79 Å². The zero-order valence-corrected chi connectivity index (χ0v) is 18.8. The first-order chi connectivity index (χ1) is 14.7. The topological polar surface area (TPSA) is 53.4 Å². The Hall–Kier alpha value is -1.70. The predicted molar refractivity (Wildman–Crippen MR) is 120 cm³/mol. The molecule has 4 heterocycles. The van der Waals surface area contributed by atoms with E-state index in [1.165, 1.54) is 54.2 Å². The molecule has 1 aliphatic carbocycles. The molecule has 2 aliphatic heterocycles. The number of nitrogens with one attached hydrogen (secondary N) is 1. The van der Waals surface area contributed by atoms with Crippen LogP contribution in [0.4, 0.5) is 0 Å². The molecule has 2 fully saturated rings. The van der Waals surface area contributed by atoms with Gasteiger partial charge in [0, 0.05) is 66.7 Å². The van der Waals surface area contributed by atoms with Crippen molar-refractivity contribution >= 4 is 17.2 Å². The van der Waals surface area contributed by atoms with E-state index in [2.05, 4.69) is 32.3 Å². The minimum atomic E-state index is 0.0182. The molecule has 1 N–H and O–H groups in total. The maximum Gasteiger partial charge on any atom is 0.272 e. The normalized spacial score (nSPS) is 20.7. The van der Waals surface area contributed by atoms with Gasteiger partial charge in [-0.25, -0.2) is 0 Å². The molecule has 30 heavy (non-hydrogen) atoms. The number of rotatable bonds is 6. The summed E-state index contributed by atoms with van der Waals surface area (Å²) in [4.78, 5) is 20.8. The number of hydrogen-bond donors (Lipinski definition) is 1. The molecular weight excluding hydrogens is 394 g/mol. The van der Waals surface area contributed by atoms with E-state index in [-0.39, 0.29) is 5.91 Å². The molecule has 1 saturated heterocycles. The fourth-order valence-electron chi connectivity index (χ4n) is 5.26. The van der Waals surface area contributed by atoms with Crippen molar-refractivity contribution in [2.45, 2.75) is 70.6 Å². The van der Waals surface area contributed by atoms with E-state index >= 15 is 0 Å². The Morgan fingerprint density at radius 1 is 1.07 bits per heavy atom. The number of carbonyl (C=O) groups excluding carboxylic acids is 1. The lowest BCUT2D eigenvalue weighted by Crippen LogP contribution is -2.35. The summed E-state index contributed by atoms with van der Waals surface area (Å²) in [6.07, 6.45) is 8.29. The Labute approximate surface area is 183 Å². The predicted octanol–water partition coefficient (Wildman–Crippen LogP) is 3.31. The molecule has 5 rings (SSSR count). The van der Waals surface area contributed by atoms with Gasteiger partial charge >= 0.3 is 0 Å². The van der Waals surface area contributed by atoms with E-state index in [0.29, 0.717) is 11.7 Å². The van der Waals surface area contributed by atoms with E-state index in [4.69, 9.17) is 0 Å². The number of carbonyl (C=O) groups is 1. The smallest absolute Gasteiger partial charge is 0.272 e. The minimum absolute atomic E-state index is 0.0182. The molecule has 0 radical (unpaired) electrons. The van der Waals surface area contributed by atoms with Crippen LogP contribution in [0.1, 0.15) is 70.0 Å². The summed E-state index contributed by atoms with van der Waals surface area (Å²) in [5.74, 6) is 0.0182. The summed E-state index contributed by atoms with van der Waals surface area (Å²) >= 11 is 1.95. The van der Waals surface area contributed by atoms with Crippen molar-refractivity contribution in [3.8, 4) is 0 Å². The molecule has 0 spiro atoms. The lowest BCUT2D eigenvalue weighted by Gasteiger charge is -2.27. The van der Waals surface area contributed by atoms with Gasteiger partial charge < -0.3 is 5.32 Å². The van der Waals surface area contributed by atoms with Crippen LogP contribution in [0.2, 0.25) is 0 Å². The van der Waals surface area contributed by atoms with Crippen molar-refractivity contribution in [1.82, 2.24) is 24.9 Å². The van der Waals surface area contributed by atoms with Crippen molar-refractivity contribution in [2.24, 2.45) is 7.05 Å². The molecule has 1 amide bonds. The summed E-state index contributed by atoms with van der Waals surface area (Å²) in [6.45, 7) is 6.39. The molecule has 6 nitrogen and oxygen atoms in total. The zero-order valence-electron chi connectivity index (χ0n) is 18.0. The highest BCUT2D eigenvalue weighted by molar-refractivity contribution is 7.11. The third kappa shape index (κ3) is 4.34. The summed E-state index contributed by atoms with van der Waals surface area (Å²) < 4.78 is 1.93. The summed E-state index contributed by atoms with van der Waals surface area (Å²) in [5, 5.41) is 7.84. The van der Waals surface area contributed by atoms with E-state index in [1.807, 2.05) is 23.1 Å². The number of likely N-dealkylation sites (tertiary alicyclic amines) is 1. The molecule has 0 atom stereocenters. The number of fused-ring (bicyclic) bond motifs is 1. The molecule has 2 aromatic rings. The molecule has 3 aliphatic rings. The SMILES string of the molecule is Cn1nc(C(=O)NC2CCCC2)c2c1CCN(Cc1ccc(CN3CCCC3)s1)C2. The molecule has 0 aromatic carbocycles. The van der Waals surface area contributed by atoms with Crippen LogP contribution in [0, 0.1) is 0 Å². The van der Waals surface area contributed by atoms with Gasteiger partial charge in [0.05, 0.1) is 0 Å². The maximum atomic E-state index is 12.9. The maximum absolute atomic E-state index is 12.9. The number of nitrogens with zero attached hydrogens (tertiary/aromatic N) is 4. The van der Waals surface area contributed by atoms with Gasteiger partial charge in [-0.05, 0) is 50.9 Å². The van der Waals surface area contributed by atoms with Crippen LogP contribution < -0.4 is 5.32 Å². The van der Waals surface area contributed by atoms with Crippen molar-refractivity contribution in [2.75, 3.05) is 19.6 Å². The Bertz CT molecular complexity index is 892. The molecule has 0 unspecified atom stereocenters. The van der Waals surface area contributed by atoms with Gasteiger partial charge in [-0.1, -0.05) is 12.8 Å². The Morgan fingerprint density at radius 3 is 2.50 bits per heavy atom. The zero-order chi connectivity index (χ0) is 20.5. The first-order valence-corrected chi connectivity index (χ1v) is 12.4. The van der Waals surface area contributed by atoms with Crippen LogP contribution in [0.15, 0.2) is 12.1 Å². The fraction of sp³-hybridized carbons (Fsp3) is 0.652. The molecular formula is C23H33N5OS. The standard InChI is InChI=1S/C23H33N5OS/c1-26-21-10-13-28(15-19-9-8-18(30-19)14-27-11-4-5-12-27)16-20(21)22(25-26)23(29)24-17-6-2-3-7-17/h8-9,17H,2-7,10-16H2,1H3,(H,24,29). The first-order valence-electron chi connectivity index (χ1n) is 11.5. The second kappa shape index (κ2) is 8.81. The lowest BCUT2D eigenvalue weighted by molar-refractivity contribution is 0.0929. The Morgan fingerprint density at radius 2 is 1.77 bits per heavy atom. The van der Waals surface area contributed by atoms with Crippen LogP contribution in [0.5, 0.6) is 0 Å². The van der Waals surface area contributed by atoms with Gasteiger partial charge in [0.15, 0.2) is 5.69 Å². The van der Waals surface area contributed by atoms with Crippen molar-refractivity contribution in [3.63, 3.8) is 0 Å². The van der Waals surface area contributed by atoms with Crippen LogP contribution in [0.3, 0.4) is 0 Å². The molecule has 2 aromatic heterocycles. The van der Waals surface area contributed by atoms with Gasteiger partial charge in [0.1, 0.15) is 0 Å². The lowest BCUT2D eigenvalue weighted by atomic mass is 10.0. The van der Waals surface area contributed by atoms with Gasteiger partial charge in [-0.15, -0.1) is 11.3 Å².